The molecule has 4 heteroatoms. The Bertz CT molecular complexity index is 476. The highest BCUT2D eigenvalue weighted by molar-refractivity contribution is 14.1. The Morgan fingerprint density at radius 3 is 2.86 bits per heavy atom. The summed E-state index contributed by atoms with van der Waals surface area (Å²) in [6.45, 7) is 1.94. The van der Waals surface area contributed by atoms with Gasteiger partial charge in [-0.15, -0.1) is 11.6 Å². The summed E-state index contributed by atoms with van der Waals surface area (Å²) in [7, 11) is 2.00. The summed E-state index contributed by atoms with van der Waals surface area (Å²) in [5.41, 5.74) is 2.15. The van der Waals surface area contributed by atoms with Gasteiger partial charge in [0.05, 0.1) is 16.4 Å². The van der Waals surface area contributed by atoms with Gasteiger partial charge in [-0.2, -0.15) is 0 Å². The normalized spacial score (nSPS) is 13.4. The summed E-state index contributed by atoms with van der Waals surface area (Å²) in [6.07, 6.45) is 0. The average molecular weight is 321 g/mol. The number of nitrogens with zero attached hydrogens (tertiary/aromatic N) is 2. The van der Waals surface area contributed by atoms with E-state index in [4.69, 9.17) is 11.6 Å². The van der Waals surface area contributed by atoms with Gasteiger partial charge in [-0.25, -0.2) is 4.98 Å². The Kier molecular flexibility index (Phi) is 2.70. The van der Waals surface area contributed by atoms with Crippen LogP contribution in [0.3, 0.4) is 0 Å². The van der Waals surface area contributed by atoms with Crippen molar-refractivity contribution >= 4 is 45.2 Å². The molecule has 74 valence electrons. The molecular formula is C10H10ClIN2. The van der Waals surface area contributed by atoms with E-state index < -0.39 is 0 Å². The molecule has 1 aromatic carbocycles. The van der Waals surface area contributed by atoms with Crippen LogP contribution < -0.4 is 0 Å². The zero-order chi connectivity index (χ0) is 10.3. The van der Waals surface area contributed by atoms with E-state index in [-0.39, 0.29) is 5.38 Å². The fourth-order valence-corrected chi connectivity index (χ4v) is 2.22. The second-order valence-electron chi connectivity index (χ2n) is 3.28. The molecular weight excluding hydrogens is 310 g/mol. The van der Waals surface area contributed by atoms with Gasteiger partial charge in [0.25, 0.3) is 0 Å². The molecule has 0 radical (unpaired) electrons. The number of aryl methyl sites for hydroxylation is 1. The zero-order valence-electron chi connectivity index (χ0n) is 7.96. The van der Waals surface area contributed by atoms with Crippen molar-refractivity contribution in [2.75, 3.05) is 0 Å². The molecule has 0 aliphatic heterocycles. The number of benzene rings is 1. The minimum Gasteiger partial charge on any atom is -0.330 e. The molecule has 0 fully saturated rings. The van der Waals surface area contributed by atoms with Crippen molar-refractivity contribution in [3.05, 3.63) is 27.6 Å². The third-order valence-corrected chi connectivity index (χ3v) is 3.10. The zero-order valence-corrected chi connectivity index (χ0v) is 10.9. The maximum absolute atomic E-state index is 6.03. The number of halogens is 2. The van der Waals surface area contributed by atoms with E-state index in [1.54, 1.807) is 0 Å². The van der Waals surface area contributed by atoms with Crippen LogP contribution in [0.2, 0.25) is 0 Å². The molecule has 0 aliphatic rings. The largest absolute Gasteiger partial charge is 0.330 e. The lowest BCUT2D eigenvalue weighted by atomic mass is 10.3. The number of hydrogen-bond donors (Lipinski definition) is 0. The highest BCUT2D eigenvalue weighted by Crippen LogP contribution is 2.24. The van der Waals surface area contributed by atoms with Crippen LogP contribution in [0.1, 0.15) is 18.1 Å². The van der Waals surface area contributed by atoms with Gasteiger partial charge in [0.2, 0.25) is 0 Å². The Morgan fingerprint density at radius 2 is 2.21 bits per heavy atom. The molecule has 14 heavy (non-hydrogen) atoms. The lowest BCUT2D eigenvalue weighted by molar-refractivity contribution is 0.812. The van der Waals surface area contributed by atoms with E-state index in [0.29, 0.717) is 0 Å². The Balaban J connectivity index is 2.73. The van der Waals surface area contributed by atoms with Crippen LogP contribution in [0.15, 0.2) is 18.2 Å². The van der Waals surface area contributed by atoms with E-state index in [2.05, 4.69) is 45.8 Å². The molecule has 0 saturated heterocycles. The first-order valence-electron chi connectivity index (χ1n) is 4.35. The van der Waals surface area contributed by atoms with E-state index >= 15 is 0 Å². The quantitative estimate of drug-likeness (QED) is 0.581. The van der Waals surface area contributed by atoms with E-state index in [9.17, 15) is 0 Å². The number of fused-ring (bicyclic) bond motifs is 1. The van der Waals surface area contributed by atoms with Crippen LogP contribution in [0.5, 0.6) is 0 Å². The predicted molar refractivity (Wildman–Crippen MR) is 67.7 cm³/mol. The number of hydrogen-bond acceptors (Lipinski definition) is 1. The van der Waals surface area contributed by atoms with Gasteiger partial charge in [-0.05, 0) is 47.7 Å². The molecule has 1 aromatic heterocycles. The number of aromatic nitrogens is 2. The molecule has 0 saturated carbocycles. The Hall–Kier alpha value is -0.290. The third-order valence-electron chi connectivity index (χ3n) is 2.23. The molecule has 0 aliphatic carbocycles. The molecule has 1 atom stereocenters. The minimum absolute atomic E-state index is 0.0509. The molecule has 2 aromatic rings. The predicted octanol–water partition coefficient (Wildman–Crippen LogP) is 3.48. The Morgan fingerprint density at radius 1 is 1.50 bits per heavy atom. The fourth-order valence-electron chi connectivity index (χ4n) is 1.55. The molecule has 2 nitrogen and oxygen atoms in total. The van der Waals surface area contributed by atoms with Gasteiger partial charge in [0, 0.05) is 10.6 Å². The van der Waals surface area contributed by atoms with E-state index in [0.717, 1.165) is 16.9 Å². The maximum Gasteiger partial charge on any atom is 0.127 e. The van der Waals surface area contributed by atoms with E-state index in [1.165, 1.54) is 3.57 Å². The topological polar surface area (TPSA) is 17.8 Å². The summed E-state index contributed by atoms with van der Waals surface area (Å²) < 4.78 is 3.24. The Labute approximate surface area is 101 Å². The van der Waals surface area contributed by atoms with Gasteiger partial charge in [-0.3, -0.25) is 0 Å². The average Bonchev–Trinajstić information content (AvgIpc) is 2.43. The van der Waals surface area contributed by atoms with Crippen molar-refractivity contribution in [1.29, 1.82) is 0 Å². The molecule has 0 N–H and O–H groups in total. The van der Waals surface area contributed by atoms with Crippen molar-refractivity contribution in [1.82, 2.24) is 9.55 Å². The van der Waals surface area contributed by atoms with Crippen LogP contribution in [-0.4, -0.2) is 9.55 Å². The lowest BCUT2D eigenvalue weighted by Gasteiger charge is -2.02. The van der Waals surface area contributed by atoms with Crippen LogP contribution >= 0.6 is 34.2 Å². The first kappa shape index (κ1) is 10.2. The monoisotopic (exact) mass is 320 g/mol. The highest BCUT2D eigenvalue weighted by Gasteiger charge is 2.11. The SMILES string of the molecule is CC(Cl)c1nc2cc(I)ccc2n1C. The van der Waals surface area contributed by atoms with Crippen molar-refractivity contribution in [3.63, 3.8) is 0 Å². The summed E-state index contributed by atoms with van der Waals surface area (Å²) in [4.78, 5) is 4.50. The van der Waals surface area contributed by atoms with Gasteiger partial charge in [-0.1, -0.05) is 0 Å². The summed E-state index contributed by atoms with van der Waals surface area (Å²) in [5.74, 6) is 0.920. The standard InChI is InChI=1S/C10H10ClIN2/c1-6(11)10-13-8-5-7(12)3-4-9(8)14(10)2/h3-6H,1-2H3. The first-order valence-corrected chi connectivity index (χ1v) is 5.87. The van der Waals surface area contributed by atoms with Crippen molar-refractivity contribution in [3.8, 4) is 0 Å². The summed E-state index contributed by atoms with van der Waals surface area (Å²) >= 11 is 8.32. The molecule has 1 heterocycles. The fraction of sp³-hybridized carbons (Fsp3) is 0.300. The van der Waals surface area contributed by atoms with Crippen LogP contribution in [0.25, 0.3) is 11.0 Å². The van der Waals surface area contributed by atoms with Crippen LogP contribution in [0, 0.1) is 3.57 Å². The van der Waals surface area contributed by atoms with Crippen LogP contribution in [-0.2, 0) is 7.05 Å². The first-order chi connectivity index (χ1) is 6.59. The number of rotatable bonds is 1. The summed E-state index contributed by atoms with van der Waals surface area (Å²) in [5, 5.41) is -0.0509. The van der Waals surface area contributed by atoms with Gasteiger partial charge < -0.3 is 4.57 Å². The lowest BCUT2D eigenvalue weighted by Crippen LogP contribution is -1.97. The van der Waals surface area contributed by atoms with Crippen molar-refractivity contribution in [2.24, 2.45) is 7.05 Å². The van der Waals surface area contributed by atoms with Crippen LogP contribution in [0.4, 0.5) is 0 Å². The maximum atomic E-state index is 6.03. The van der Waals surface area contributed by atoms with Gasteiger partial charge >= 0.3 is 0 Å². The smallest absolute Gasteiger partial charge is 0.127 e. The minimum atomic E-state index is -0.0509. The second kappa shape index (κ2) is 3.70. The number of alkyl halides is 1. The molecule has 0 bridgehead atoms. The van der Waals surface area contributed by atoms with Gasteiger partial charge in [0.1, 0.15) is 5.82 Å². The molecule has 2 rings (SSSR count). The third kappa shape index (κ3) is 1.63. The van der Waals surface area contributed by atoms with Crippen molar-refractivity contribution in [2.45, 2.75) is 12.3 Å². The second-order valence-corrected chi connectivity index (χ2v) is 5.18. The van der Waals surface area contributed by atoms with Crippen molar-refractivity contribution < 1.29 is 0 Å². The molecule has 0 spiro atoms. The molecule has 0 amide bonds. The highest BCUT2D eigenvalue weighted by atomic mass is 127. The molecule has 1 unspecified atom stereocenters. The van der Waals surface area contributed by atoms with E-state index in [1.807, 2.05) is 18.5 Å². The summed E-state index contributed by atoms with van der Waals surface area (Å²) in [6, 6.07) is 6.22. The van der Waals surface area contributed by atoms with Gasteiger partial charge in [0.15, 0.2) is 0 Å². The number of imidazole rings is 1.